The number of Topliss-reactive ketones (excluding diaryl/α,β-unsaturated/α-hetero) is 1. The van der Waals surface area contributed by atoms with Gasteiger partial charge in [0, 0.05) is 5.69 Å². The minimum atomic E-state index is -0.437. The van der Waals surface area contributed by atoms with Gasteiger partial charge in [-0.1, -0.05) is 38.1 Å². The lowest BCUT2D eigenvalue weighted by Crippen LogP contribution is -2.15. The fourth-order valence-corrected chi connectivity index (χ4v) is 2.42. The van der Waals surface area contributed by atoms with E-state index in [1.54, 1.807) is 19.1 Å². The van der Waals surface area contributed by atoms with E-state index in [0.29, 0.717) is 23.0 Å². The van der Waals surface area contributed by atoms with E-state index < -0.39 is 5.92 Å². The molecule has 0 aliphatic heterocycles. The molecule has 1 aromatic carbocycles. The van der Waals surface area contributed by atoms with Gasteiger partial charge in [-0.15, -0.1) is 0 Å². The molecule has 2 aromatic rings. The van der Waals surface area contributed by atoms with E-state index >= 15 is 0 Å². The molecule has 1 heterocycles. The van der Waals surface area contributed by atoms with Crippen LogP contribution >= 0.6 is 0 Å². The number of pyridine rings is 1. The summed E-state index contributed by atoms with van der Waals surface area (Å²) in [6, 6.07) is 11.6. The van der Waals surface area contributed by atoms with Crippen molar-refractivity contribution in [3.63, 3.8) is 0 Å². The lowest BCUT2D eigenvalue weighted by molar-refractivity contribution is -0.117. The Balaban J connectivity index is 2.48. The largest absolute Gasteiger partial charge is 0.397 e. The number of carbonyl (C=O) groups is 1. The van der Waals surface area contributed by atoms with Crippen LogP contribution in [0.25, 0.3) is 0 Å². The summed E-state index contributed by atoms with van der Waals surface area (Å²) in [5, 5.41) is 0. The van der Waals surface area contributed by atoms with Crippen LogP contribution in [0.3, 0.4) is 0 Å². The molecule has 0 saturated heterocycles. The third-order valence-electron chi connectivity index (χ3n) is 3.63. The minimum absolute atomic E-state index is 0.0251. The van der Waals surface area contributed by atoms with E-state index in [-0.39, 0.29) is 5.78 Å². The zero-order chi connectivity index (χ0) is 15.6. The number of rotatable bonds is 4. The van der Waals surface area contributed by atoms with Gasteiger partial charge in [0.25, 0.3) is 0 Å². The second kappa shape index (κ2) is 6.08. The van der Waals surface area contributed by atoms with Crippen LogP contribution in [0.15, 0.2) is 36.4 Å². The normalized spacial score (nSPS) is 12.4. The van der Waals surface area contributed by atoms with Crippen LogP contribution in [0.2, 0.25) is 0 Å². The summed E-state index contributed by atoms with van der Waals surface area (Å²) < 4.78 is 0. The summed E-state index contributed by atoms with van der Waals surface area (Å²) in [6.07, 6.45) is 0. The average Bonchev–Trinajstić information content (AvgIpc) is 2.43. The topological polar surface area (TPSA) is 56.0 Å². The molecule has 0 fully saturated rings. The second-order valence-electron chi connectivity index (χ2n) is 5.64. The molecule has 3 heteroatoms. The van der Waals surface area contributed by atoms with Gasteiger partial charge in [0.15, 0.2) is 0 Å². The molecule has 0 aliphatic rings. The zero-order valence-corrected chi connectivity index (χ0v) is 12.8. The first kappa shape index (κ1) is 15.2. The maximum Gasteiger partial charge on any atom is 0.143 e. The number of aromatic nitrogens is 1. The van der Waals surface area contributed by atoms with E-state index in [9.17, 15) is 4.79 Å². The van der Waals surface area contributed by atoms with Crippen LogP contribution in [0.5, 0.6) is 0 Å². The molecule has 0 bridgehead atoms. The standard InChI is InChI=1S/C18H21N2O/c1-11(2)14-6-8-15(9-7-14)17(13(4)21)18-16(19)10-5-12(3)20-18/h5-11,17H,3,19H2,1-2,4H3. The molecule has 1 radical (unpaired) electrons. The van der Waals surface area contributed by atoms with Crippen LogP contribution < -0.4 is 5.73 Å². The van der Waals surface area contributed by atoms with Gasteiger partial charge >= 0.3 is 0 Å². The predicted octanol–water partition coefficient (Wildman–Crippen LogP) is 3.69. The fraction of sp³-hybridized carbons (Fsp3) is 0.278. The number of carbonyl (C=O) groups excluding carboxylic acids is 1. The Bertz CT molecular complexity index is 645. The summed E-state index contributed by atoms with van der Waals surface area (Å²) in [6.45, 7) is 9.67. The zero-order valence-electron chi connectivity index (χ0n) is 12.8. The minimum Gasteiger partial charge on any atom is -0.397 e. The van der Waals surface area contributed by atoms with E-state index in [0.717, 1.165) is 5.56 Å². The predicted molar refractivity (Wildman–Crippen MR) is 86.2 cm³/mol. The van der Waals surface area contributed by atoms with Crippen molar-refractivity contribution in [1.82, 2.24) is 4.98 Å². The lowest BCUT2D eigenvalue weighted by Gasteiger charge is -2.17. The summed E-state index contributed by atoms with van der Waals surface area (Å²) in [7, 11) is 0. The molecule has 1 aromatic heterocycles. The Labute approximate surface area is 126 Å². The molecule has 2 rings (SSSR count). The monoisotopic (exact) mass is 281 g/mol. The van der Waals surface area contributed by atoms with Crippen molar-refractivity contribution in [2.45, 2.75) is 32.6 Å². The van der Waals surface area contributed by atoms with Crippen LogP contribution in [0.1, 0.15) is 55.1 Å². The molecule has 1 atom stereocenters. The first-order chi connectivity index (χ1) is 9.90. The molecule has 2 N–H and O–H groups in total. The van der Waals surface area contributed by atoms with Crippen molar-refractivity contribution in [3.05, 3.63) is 65.8 Å². The van der Waals surface area contributed by atoms with Gasteiger partial charge in [-0.25, -0.2) is 0 Å². The van der Waals surface area contributed by atoms with Gasteiger partial charge < -0.3 is 5.73 Å². The smallest absolute Gasteiger partial charge is 0.143 e. The second-order valence-corrected chi connectivity index (χ2v) is 5.64. The quantitative estimate of drug-likeness (QED) is 0.929. The van der Waals surface area contributed by atoms with Gasteiger partial charge in [0.05, 0.1) is 17.3 Å². The first-order valence-corrected chi connectivity index (χ1v) is 7.09. The van der Waals surface area contributed by atoms with Crippen molar-refractivity contribution >= 4 is 11.5 Å². The van der Waals surface area contributed by atoms with Crippen molar-refractivity contribution in [2.24, 2.45) is 0 Å². The highest BCUT2D eigenvalue weighted by atomic mass is 16.1. The molecule has 0 saturated carbocycles. The van der Waals surface area contributed by atoms with Crippen molar-refractivity contribution in [1.29, 1.82) is 0 Å². The van der Waals surface area contributed by atoms with E-state index in [2.05, 4.69) is 37.9 Å². The van der Waals surface area contributed by atoms with Crippen LogP contribution in [-0.4, -0.2) is 10.8 Å². The van der Waals surface area contributed by atoms with Gasteiger partial charge in [0.1, 0.15) is 5.78 Å². The molecule has 0 aliphatic carbocycles. The summed E-state index contributed by atoms with van der Waals surface area (Å²) in [5.74, 6) is 0.0474. The Morgan fingerprint density at radius 3 is 2.19 bits per heavy atom. The molecule has 0 spiro atoms. The van der Waals surface area contributed by atoms with Gasteiger partial charge in [-0.3, -0.25) is 9.78 Å². The Kier molecular flexibility index (Phi) is 4.41. The number of benzene rings is 1. The first-order valence-electron chi connectivity index (χ1n) is 7.09. The molecule has 3 nitrogen and oxygen atoms in total. The van der Waals surface area contributed by atoms with Gasteiger partial charge in [-0.05, 0) is 43.0 Å². The number of nitrogen functional groups attached to an aromatic ring is 1. The third-order valence-corrected chi connectivity index (χ3v) is 3.63. The number of hydrogen-bond acceptors (Lipinski definition) is 3. The Hall–Kier alpha value is -2.16. The van der Waals surface area contributed by atoms with E-state index in [4.69, 9.17) is 5.73 Å². The third kappa shape index (κ3) is 3.30. The highest BCUT2D eigenvalue weighted by Crippen LogP contribution is 2.29. The van der Waals surface area contributed by atoms with E-state index in [1.807, 2.05) is 12.1 Å². The molecule has 109 valence electrons. The highest BCUT2D eigenvalue weighted by molar-refractivity contribution is 5.87. The maximum absolute atomic E-state index is 12.1. The lowest BCUT2D eigenvalue weighted by atomic mass is 9.89. The number of anilines is 1. The molecular weight excluding hydrogens is 260 g/mol. The summed E-state index contributed by atoms with van der Waals surface area (Å²) in [5.41, 5.74) is 9.89. The van der Waals surface area contributed by atoms with Gasteiger partial charge in [0.2, 0.25) is 0 Å². The summed E-state index contributed by atoms with van der Waals surface area (Å²) in [4.78, 5) is 16.5. The van der Waals surface area contributed by atoms with Crippen molar-refractivity contribution in [2.75, 3.05) is 5.73 Å². The molecule has 1 unspecified atom stereocenters. The summed E-state index contributed by atoms with van der Waals surface area (Å²) >= 11 is 0. The maximum atomic E-state index is 12.1. The molecule has 21 heavy (non-hydrogen) atoms. The van der Waals surface area contributed by atoms with Crippen molar-refractivity contribution in [3.8, 4) is 0 Å². The highest BCUT2D eigenvalue weighted by Gasteiger charge is 2.23. The number of nitrogens with zero attached hydrogens (tertiary/aromatic N) is 1. The average molecular weight is 281 g/mol. The van der Waals surface area contributed by atoms with E-state index in [1.165, 1.54) is 5.56 Å². The Morgan fingerprint density at radius 2 is 1.67 bits per heavy atom. The fourth-order valence-electron chi connectivity index (χ4n) is 2.42. The molecular formula is C18H21N2O. The number of ketones is 1. The van der Waals surface area contributed by atoms with Crippen LogP contribution in [-0.2, 0) is 4.79 Å². The SMILES string of the molecule is [CH2]c1ccc(N)c(C(C(C)=O)c2ccc(C(C)C)cc2)n1. The van der Waals surface area contributed by atoms with Crippen LogP contribution in [0, 0.1) is 6.92 Å². The van der Waals surface area contributed by atoms with Crippen molar-refractivity contribution < 1.29 is 4.79 Å². The Morgan fingerprint density at radius 1 is 1.10 bits per heavy atom. The van der Waals surface area contributed by atoms with Gasteiger partial charge in [-0.2, -0.15) is 0 Å². The molecule has 0 amide bonds. The number of hydrogen-bond donors (Lipinski definition) is 1. The van der Waals surface area contributed by atoms with Crippen LogP contribution in [0.4, 0.5) is 5.69 Å². The number of nitrogens with two attached hydrogens (primary N) is 1.